The number of hydrogen-bond donors (Lipinski definition) is 1. The normalized spacial score (nSPS) is 13.2. The lowest BCUT2D eigenvalue weighted by atomic mass is 10.1. The molecule has 8 heteroatoms. The Morgan fingerprint density at radius 2 is 0.946 bits per heavy atom. The van der Waals surface area contributed by atoms with Gasteiger partial charge in [-0.05, 0) is 64.2 Å². The first-order chi connectivity index (χ1) is 27.1. The van der Waals surface area contributed by atoms with Gasteiger partial charge in [-0.3, -0.25) is 9.59 Å². The van der Waals surface area contributed by atoms with E-state index in [4.69, 9.17) is 14.2 Å². The molecule has 0 spiro atoms. The van der Waals surface area contributed by atoms with Crippen molar-refractivity contribution < 1.29 is 38.2 Å². The van der Waals surface area contributed by atoms with Gasteiger partial charge in [0.25, 0.3) is 0 Å². The minimum Gasteiger partial charge on any atom is -0.477 e. The summed E-state index contributed by atoms with van der Waals surface area (Å²) < 4.78 is 17.3. The molecule has 2 atom stereocenters. The van der Waals surface area contributed by atoms with E-state index in [9.17, 15) is 19.5 Å². The number of unbranched alkanes of at least 4 members (excludes halogenated alkanes) is 22. The third-order valence-corrected chi connectivity index (χ3v) is 10.3. The number of esters is 2. The summed E-state index contributed by atoms with van der Waals surface area (Å²) in [5.41, 5.74) is 0. The third kappa shape index (κ3) is 37.1. The van der Waals surface area contributed by atoms with Gasteiger partial charge in [-0.2, -0.15) is 0 Å². The first kappa shape index (κ1) is 53.6. The van der Waals surface area contributed by atoms with Crippen LogP contribution in [0.3, 0.4) is 0 Å². The highest BCUT2D eigenvalue weighted by atomic mass is 16.6. The highest BCUT2D eigenvalue weighted by molar-refractivity contribution is 5.72. The fourth-order valence-corrected chi connectivity index (χ4v) is 6.66. The van der Waals surface area contributed by atoms with E-state index in [1.165, 1.54) is 122 Å². The molecule has 8 nitrogen and oxygen atoms in total. The Bertz CT molecular complexity index is 1020. The zero-order valence-electron chi connectivity index (χ0n) is 37.1. The van der Waals surface area contributed by atoms with Crippen molar-refractivity contribution in [1.82, 2.24) is 0 Å². The Morgan fingerprint density at radius 1 is 0.536 bits per heavy atom. The van der Waals surface area contributed by atoms with Crippen molar-refractivity contribution in [2.45, 2.75) is 212 Å². The quantitative estimate of drug-likeness (QED) is 0.0216. The number of allylic oxidation sites excluding steroid dienone is 6. The van der Waals surface area contributed by atoms with Gasteiger partial charge in [0.15, 0.2) is 12.1 Å². The van der Waals surface area contributed by atoms with Crippen molar-refractivity contribution >= 4 is 17.9 Å². The van der Waals surface area contributed by atoms with Crippen LogP contribution in [0, 0.1) is 0 Å². The number of nitrogens with zero attached hydrogens (tertiary/aromatic N) is 1. The van der Waals surface area contributed by atoms with Crippen LogP contribution >= 0.6 is 0 Å². The van der Waals surface area contributed by atoms with Gasteiger partial charge in [-0.15, -0.1) is 0 Å². The number of aliphatic carboxylic acids is 1. The van der Waals surface area contributed by atoms with Crippen LogP contribution in [-0.4, -0.2) is 80.6 Å². The number of carboxylic acids is 1. The molecule has 56 heavy (non-hydrogen) atoms. The van der Waals surface area contributed by atoms with E-state index in [1.54, 1.807) is 0 Å². The summed E-state index contributed by atoms with van der Waals surface area (Å²) in [5, 5.41) is 9.62. The van der Waals surface area contributed by atoms with Crippen LogP contribution < -0.4 is 0 Å². The molecule has 0 aliphatic heterocycles. The van der Waals surface area contributed by atoms with Crippen molar-refractivity contribution in [1.29, 1.82) is 0 Å². The van der Waals surface area contributed by atoms with E-state index in [1.807, 2.05) is 21.1 Å². The molecule has 0 rings (SSSR count). The van der Waals surface area contributed by atoms with Gasteiger partial charge < -0.3 is 23.8 Å². The summed E-state index contributed by atoms with van der Waals surface area (Å²) in [4.78, 5) is 37.0. The monoisotopic (exact) mass is 791 g/mol. The Balaban J connectivity index is 4.34. The molecule has 0 saturated heterocycles. The SMILES string of the molecule is CCCCC/C=C/C=C/CCCCCCCCC(=O)OCC(COCCC(C(=O)O)[N+](C)(C)C)OC(=O)CCCCCCCCC/C=C/CCCCCCCC. The van der Waals surface area contributed by atoms with E-state index in [0.717, 1.165) is 44.9 Å². The van der Waals surface area contributed by atoms with E-state index in [0.29, 0.717) is 19.3 Å². The molecule has 0 aliphatic rings. The molecule has 0 aromatic carbocycles. The van der Waals surface area contributed by atoms with Crippen LogP contribution in [-0.2, 0) is 28.6 Å². The number of hydrogen-bond acceptors (Lipinski definition) is 6. The second-order valence-electron chi connectivity index (χ2n) is 16.7. The summed E-state index contributed by atoms with van der Waals surface area (Å²) >= 11 is 0. The minimum absolute atomic E-state index is 0.0567. The number of likely N-dealkylation sites (N-methyl/N-ethyl adjacent to an activating group) is 1. The summed E-state index contributed by atoms with van der Waals surface area (Å²) in [6, 6.07) is -0.616. The highest BCUT2D eigenvalue weighted by Crippen LogP contribution is 2.14. The molecule has 0 aliphatic carbocycles. The van der Waals surface area contributed by atoms with Gasteiger partial charge >= 0.3 is 17.9 Å². The number of carboxylic acid groups (broad SMARTS) is 1. The lowest BCUT2D eigenvalue weighted by Crippen LogP contribution is -2.50. The van der Waals surface area contributed by atoms with Gasteiger partial charge in [-0.1, -0.05) is 153 Å². The van der Waals surface area contributed by atoms with E-state index in [-0.39, 0.29) is 36.2 Å². The Hall–Kier alpha value is -2.45. The van der Waals surface area contributed by atoms with Gasteiger partial charge in [0.1, 0.15) is 6.61 Å². The number of quaternary nitrogens is 1. The minimum atomic E-state index is -0.877. The lowest BCUT2D eigenvalue weighted by molar-refractivity contribution is -0.887. The summed E-state index contributed by atoms with van der Waals surface area (Å²) in [5.74, 6) is -1.48. The lowest BCUT2D eigenvalue weighted by Gasteiger charge is -2.31. The maximum atomic E-state index is 12.7. The number of ether oxygens (including phenoxy) is 3. The van der Waals surface area contributed by atoms with Crippen molar-refractivity contribution in [3.8, 4) is 0 Å². The number of carbonyl (C=O) groups excluding carboxylic acids is 2. The molecule has 0 heterocycles. The largest absolute Gasteiger partial charge is 0.477 e. The molecule has 0 bridgehead atoms. The number of carbonyl (C=O) groups is 3. The van der Waals surface area contributed by atoms with E-state index >= 15 is 0 Å². The molecule has 0 fully saturated rings. The number of rotatable bonds is 41. The second kappa shape index (κ2) is 39.4. The highest BCUT2D eigenvalue weighted by Gasteiger charge is 2.31. The maximum Gasteiger partial charge on any atom is 0.362 e. The van der Waals surface area contributed by atoms with E-state index < -0.39 is 18.1 Å². The van der Waals surface area contributed by atoms with Gasteiger partial charge in [0.2, 0.25) is 0 Å². The zero-order valence-corrected chi connectivity index (χ0v) is 37.1. The standard InChI is InChI=1S/C48H87NO7/c1-6-8-10-12-14-16-18-20-22-23-25-27-29-31-33-35-37-39-47(51)56-44(42-54-41-40-45(48(52)53)49(3,4)5)43-55-46(50)38-36-34-32-30-28-26-24-21-19-17-15-13-11-9-7-2/h15,17,19-22,44-45H,6-14,16,18,23-43H2,1-5H3/p+1/b17-15+,21-19+,22-20+. The summed E-state index contributed by atoms with van der Waals surface area (Å²) in [6.45, 7) is 4.69. The molecule has 0 aromatic rings. The molecule has 326 valence electrons. The molecular formula is C48H88NO7+. The smallest absolute Gasteiger partial charge is 0.362 e. The summed E-state index contributed by atoms with van der Waals surface area (Å²) in [7, 11) is 5.52. The summed E-state index contributed by atoms with van der Waals surface area (Å²) in [6.07, 6.45) is 44.6. The third-order valence-electron chi connectivity index (χ3n) is 10.3. The fourth-order valence-electron chi connectivity index (χ4n) is 6.66. The average Bonchev–Trinajstić information content (AvgIpc) is 3.15. The molecule has 0 saturated carbocycles. The predicted molar refractivity (Wildman–Crippen MR) is 234 cm³/mol. The molecular weight excluding hydrogens is 703 g/mol. The Morgan fingerprint density at radius 3 is 1.43 bits per heavy atom. The fraction of sp³-hybridized carbons (Fsp3) is 0.812. The predicted octanol–water partition coefficient (Wildman–Crippen LogP) is 12.6. The molecule has 2 unspecified atom stereocenters. The van der Waals surface area contributed by atoms with Gasteiger partial charge in [-0.25, -0.2) is 4.79 Å². The van der Waals surface area contributed by atoms with Gasteiger partial charge in [0, 0.05) is 19.3 Å². The van der Waals surface area contributed by atoms with Crippen LogP contribution in [0.25, 0.3) is 0 Å². The average molecular weight is 791 g/mol. The van der Waals surface area contributed by atoms with Crippen LogP contribution in [0.15, 0.2) is 36.5 Å². The first-order valence-electron chi connectivity index (χ1n) is 23.0. The van der Waals surface area contributed by atoms with Gasteiger partial charge in [0.05, 0.1) is 34.4 Å². The Labute approximate surface area is 344 Å². The van der Waals surface area contributed by atoms with Crippen molar-refractivity contribution in [3.05, 3.63) is 36.5 Å². The van der Waals surface area contributed by atoms with E-state index in [2.05, 4.69) is 50.3 Å². The Kier molecular flexibility index (Phi) is 37.7. The molecule has 1 N–H and O–H groups in total. The first-order valence-corrected chi connectivity index (χ1v) is 23.0. The van der Waals surface area contributed by atoms with Crippen molar-refractivity contribution in [2.75, 3.05) is 41.0 Å². The van der Waals surface area contributed by atoms with Crippen LogP contribution in [0.4, 0.5) is 0 Å². The van der Waals surface area contributed by atoms with Crippen LogP contribution in [0.2, 0.25) is 0 Å². The molecule has 0 radical (unpaired) electrons. The second-order valence-corrected chi connectivity index (χ2v) is 16.7. The maximum absolute atomic E-state index is 12.7. The van der Waals surface area contributed by atoms with Crippen LogP contribution in [0.1, 0.15) is 200 Å². The van der Waals surface area contributed by atoms with Crippen LogP contribution in [0.5, 0.6) is 0 Å². The van der Waals surface area contributed by atoms with Crippen molar-refractivity contribution in [3.63, 3.8) is 0 Å². The zero-order chi connectivity index (χ0) is 41.4. The topological polar surface area (TPSA) is 99.1 Å². The van der Waals surface area contributed by atoms with Crippen molar-refractivity contribution in [2.24, 2.45) is 0 Å². The molecule has 0 aromatic heterocycles. The molecule has 0 amide bonds.